The van der Waals surface area contributed by atoms with Crippen molar-refractivity contribution in [3.05, 3.63) is 30.9 Å². The lowest BCUT2D eigenvalue weighted by Crippen LogP contribution is -2.14. The van der Waals surface area contributed by atoms with E-state index >= 15 is 0 Å². The van der Waals surface area contributed by atoms with Crippen LogP contribution in [-0.2, 0) is 0 Å². The van der Waals surface area contributed by atoms with Crippen LogP contribution in [0.1, 0.15) is 13.8 Å². The molecule has 4 N–H and O–H groups in total. The second kappa shape index (κ2) is 5.31. The third-order valence-electron chi connectivity index (χ3n) is 2.23. The van der Waals surface area contributed by atoms with E-state index in [1.165, 1.54) is 6.33 Å². The minimum Gasteiger partial charge on any atom is -0.393 e. The smallest absolute Gasteiger partial charge is 0.159 e. The molecular formula is C12H16N6. The monoisotopic (exact) mass is 244 g/mol. The number of nitrogens with two attached hydrogens (primary N) is 1. The quantitative estimate of drug-likeness (QED) is 0.762. The van der Waals surface area contributed by atoms with Gasteiger partial charge in [0.15, 0.2) is 11.6 Å². The summed E-state index contributed by atoms with van der Waals surface area (Å²) in [6, 6.07) is 3.99. The molecule has 0 spiro atoms. The minimum atomic E-state index is 0.258. The fourth-order valence-electron chi connectivity index (χ4n) is 1.46. The van der Waals surface area contributed by atoms with Crippen LogP contribution in [0.5, 0.6) is 0 Å². The fourth-order valence-corrected chi connectivity index (χ4v) is 1.46. The number of aromatic nitrogens is 3. The van der Waals surface area contributed by atoms with Gasteiger partial charge in [-0.05, 0) is 26.0 Å². The van der Waals surface area contributed by atoms with Gasteiger partial charge >= 0.3 is 0 Å². The summed E-state index contributed by atoms with van der Waals surface area (Å²) in [5.74, 6) is 1.20. The number of anilines is 4. The summed E-state index contributed by atoms with van der Waals surface area (Å²) in [7, 11) is 0. The number of hydrogen-bond acceptors (Lipinski definition) is 6. The first-order valence-corrected chi connectivity index (χ1v) is 5.71. The number of nitrogens with one attached hydrogen (secondary N) is 2. The second-order valence-corrected chi connectivity index (χ2v) is 4.15. The fraction of sp³-hybridized carbons (Fsp3) is 0.250. The van der Waals surface area contributed by atoms with Crippen molar-refractivity contribution < 1.29 is 0 Å². The van der Waals surface area contributed by atoms with Crippen LogP contribution in [0.4, 0.5) is 23.0 Å². The molecule has 0 aliphatic carbocycles. The topological polar surface area (TPSA) is 88.8 Å². The Morgan fingerprint density at radius 1 is 1.22 bits per heavy atom. The number of rotatable bonds is 4. The van der Waals surface area contributed by atoms with Crippen molar-refractivity contribution in [3.8, 4) is 0 Å². The lowest BCUT2D eigenvalue weighted by atomic mass is 10.3. The maximum absolute atomic E-state index is 6.01. The minimum absolute atomic E-state index is 0.258. The first-order chi connectivity index (χ1) is 8.66. The Morgan fingerprint density at radius 2 is 2.00 bits per heavy atom. The van der Waals surface area contributed by atoms with E-state index in [0.717, 1.165) is 5.69 Å². The van der Waals surface area contributed by atoms with Gasteiger partial charge in [0.25, 0.3) is 0 Å². The van der Waals surface area contributed by atoms with E-state index in [1.807, 2.05) is 26.0 Å². The standard InChI is InChI=1S/C12H16N6/c1-8(2)17-11-10(13)12(16-7-15-11)18-9-4-3-5-14-6-9/h3-8H,13H2,1-2H3,(H2,15,16,17,18). The van der Waals surface area contributed by atoms with Crippen LogP contribution in [-0.4, -0.2) is 21.0 Å². The first kappa shape index (κ1) is 12.1. The molecule has 2 aromatic heterocycles. The molecule has 18 heavy (non-hydrogen) atoms. The zero-order valence-electron chi connectivity index (χ0n) is 10.4. The normalized spacial score (nSPS) is 10.4. The third-order valence-corrected chi connectivity index (χ3v) is 2.23. The molecule has 0 fully saturated rings. The Hall–Kier alpha value is -2.37. The van der Waals surface area contributed by atoms with Crippen molar-refractivity contribution in [2.24, 2.45) is 0 Å². The van der Waals surface area contributed by atoms with Crippen LogP contribution in [0.2, 0.25) is 0 Å². The Bertz CT molecular complexity index is 511. The molecule has 2 heterocycles. The van der Waals surface area contributed by atoms with Gasteiger partial charge in [-0.1, -0.05) is 0 Å². The highest BCUT2D eigenvalue weighted by Gasteiger charge is 2.08. The zero-order valence-corrected chi connectivity index (χ0v) is 10.4. The van der Waals surface area contributed by atoms with Crippen molar-refractivity contribution in [2.75, 3.05) is 16.4 Å². The summed E-state index contributed by atoms with van der Waals surface area (Å²) in [5, 5.41) is 6.27. The van der Waals surface area contributed by atoms with Gasteiger partial charge in [0, 0.05) is 12.2 Å². The van der Waals surface area contributed by atoms with E-state index in [0.29, 0.717) is 17.3 Å². The summed E-state index contributed by atoms with van der Waals surface area (Å²) in [4.78, 5) is 12.3. The Labute approximate surface area is 106 Å². The van der Waals surface area contributed by atoms with E-state index in [2.05, 4.69) is 25.6 Å². The third kappa shape index (κ3) is 2.85. The SMILES string of the molecule is CC(C)Nc1ncnc(Nc2cccnc2)c1N. The predicted octanol–water partition coefficient (Wildman–Crippen LogP) is 2.02. The molecule has 2 rings (SSSR count). The van der Waals surface area contributed by atoms with Crippen molar-refractivity contribution in [3.63, 3.8) is 0 Å². The van der Waals surface area contributed by atoms with Gasteiger partial charge in [-0.2, -0.15) is 0 Å². The van der Waals surface area contributed by atoms with Gasteiger partial charge in [0.05, 0.1) is 11.9 Å². The van der Waals surface area contributed by atoms with Crippen LogP contribution in [0.15, 0.2) is 30.9 Å². The molecule has 0 unspecified atom stereocenters. The highest BCUT2D eigenvalue weighted by atomic mass is 15.1. The van der Waals surface area contributed by atoms with Gasteiger partial charge in [-0.25, -0.2) is 9.97 Å². The molecule has 0 aliphatic heterocycles. The molecule has 2 aromatic rings. The van der Waals surface area contributed by atoms with Gasteiger partial charge in [-0.15, -0.1) is 0 Å². The molecular weight excluding hydrogens is 228 g/mol. The molecule has 0 saturated heterocycles. The van der Waals surface area contributed by atoms with Crippen LogP contribution in [0.3, 0.4) is 0 Å². The highest BCUT2D eigenvalue weighted by molar-refractivity contribution is 5.77. The van der Waals surface area contributed by atoms with E-state index in [4.69, 9.17) is 5.73 Å². The molecule has 0 atom stereocenters. The number of hydrogen-bond donors (Lipinski definition) is 3. The largest absolute Gasteiger partial charge is 0.393 e. The molecule has 0 radical (unpaired) electrons. The summed E-state index contributed by atoms with van der Waals surface area (Å²) in [6.45, 7) is 4.05. The van der Waals surface area contributed by atoms with Crippen molar-refractivity contribution in [1.29, 1.82) is 0 Å². The van der Waals surface area contributed by atoms with E-state index in [-0.39, 0.29) is 6.04 Å². The highest BCUT2D eigenvalue weighted by Crippen LogP contribution is 2.25. The molecule has 0 bridgehead atoms. The van der Waals surface area contributed by atoms with Crippen molar-refractivity contribution in [2.45, 2.75) is 19.9 Å². The van der Waals surface area contributed by atoms with Crippen LogP contribution >= 0.6 is 0 Å². The first-order valence-electron chi connectivity index (χ1n) is 5.71. The molecule has 0 saturated carbocycles. The van der Waals surface area contributed by atoms with Crippen LogP contribution in [0.25, 0.3) is 0 Å². The molecule has 0 aromatic carbocycles. The Morgan fingerprint density at radius 3 is 2.67 bits per heavy atom. The summed E-state index contributed by atoms with van der Waals surface area (Å²) in [6.07, 6.45) is 4.89. The lowest BCUT2D eigenvalue weighted by Gasteiger charge is -2.14. The zero-order chi connectivity index (χ0) is 13.0. The van der Waals surface area contributed by atoms with E-state index in [9.17, 15) is 0 Å². The second-order valence-electron chi connectivity index (χ2n) is 4.15. The number of nitrogens with zero attached hydrogens (tertiary/aromatic N) is 3. The summed E-state index contributed by atoms with van der Waals surface area (Å²) in [5.41, 5.74) is 7.34. The number of pyridine rings is 1. The van der Waals surface area contributed by atoms with Crippen LogP contribution < -0.4 is 16.4 Å². The van der Waals surface area contributed by atoms with Crippen LogP contribution in [0, 0.1) is 0 Å². The van der Waals surface area contributed by atoms with Gasteiger partial charge in [0.2, 0.25) is 0 Å². The van der Waals surface area contributed by atoms with Crippen molar-refractivity contribution in [1.82, 2.24) is 15.0 Å². The van der Waals surface area contributed by atoms with Crippen molar-refractivity contribution >= 4 is 23.0 Å². The summed E-state index contributed by atoms with van der Waals surface area (Å²) >= 11 is 0. The summed E-state index contributed by atoms with van der Waals surface area (Å²) < 4.78 is 0. The van der Waals surface area contributed by atoms with Gasteiger partial charge < -0.3 is 16.4 Å². The molecule has 6 nitrogen and oxygen atoms in total. The molecule has 0 amide bonds. The maximum atomic E-state index is 6.01. The number of nitrogen functional groups attached to an aromatic ring is 1. The Balaban J connectivity index is 2.23. The molecule has 0 aliphatic rings. The van der Waals surface area contributed by atoms with Gasteiger partial charge in [0.1, 0.15) is 12.0 Å². The average Bonchev–Trinajstić information content (AvgIpc) is 2.35. The lowest BCUT2D eigenvalue weighted by molar-refractivity contribution is 0.887. The molecule has 6 heteroatoms. The van der Waals surface area contributed by atoms with E-state index in [1.54, 1.807) is 12.4 Å². The van der Waals surface area contributed by atoms with E-state index < -0.39 is 0 Å². The van der Waals surface area contributed by atoms with Gasteiger partial charge in [-0.3, -0.25) is 4.98 Å². The Kier molecular flexibility index (Phi) is 3.57. The molecule has 94 valence electrons. The maximum Gasteiger partial charge on any atom is 0.159 e. The average molecular weight is 244 g/mol. The predicted molar refractivity (Wildman–Crippen MR) is 72.7 cm³/mol.